The summed E-state index contributed by atoms with van der Waals surface area (Å²) < 4.78 is 139. The molecule has 2 aliphatic heterocycles. The van der Waals surface area contributed by atoms with Crippen molar-refractivity contribution in [3.8, 4) is 0 Å². The van der Waals surface area contributed by atoms with Crippen LogP contribution in [0, 0.1) is 58.4 Å². The average molecular weight is 1230 g/mol. The molecule has 27 heteroatoms. The van der Waals surface area contributed by atoms with Gasteiger partial charge in [-0.3, -0.25) is 33.6 Å². The molecule has 4 amide bonds. The van der Waals surface area contributed by atoms with Gasteiger partial charge in [-0.15, -0.1) is 0 Å². The standard InChI is InChI=1S/C31H40F4N2O9.C25H34F4N2O6.2CH4/c1-7-16(2)11-12-24(44-17(3)38)27(45-18(4)39)28(46-19(5)40)29(43-6)30(41)36-23-10-8-9-13-37(31(23)42)15-20-25(34)21(32)14-22(33)26(20)35;1-4-13(2)8-9-18(32)21(33)22(34)23(37-3)24(35)30-17-7-5-6-10-31(25(17)36)12-14-19(28)15(26)11-16(27)20(14)29;;/h11-12,14,16,23-24,27-29H,7-10,13,15H2,1-6H3,(H,36,41);8-9,11,13,17-18,21-23,32-34H,4-7,10,12H2,1-3H3,(H,30,35);2*1H4/b12-11+;9-8+;;/t16?,23-,24+,27-,28+,29+;13?,17-,18+,21-,22+,23+;;/m00../s1. The van der Waals surface area contributed by atoms with Crippen LogP contribution in [0.25, 0.3) is 0 Å². The first-order valence-corrected chi connectivity index (χ1v) is 26.8. The number of likely N-dealkylation sites (tertiary alicyclic amines) is 2. The van der Waals surface area contributed by atoms with E-state index in [9.17, 15) is 84.0 Å². The quantitative estimate of drug-likeness (QED) is 0.0224. The van der Waals surface area contributed by atoms with E-state index in [0.29, 0.717) is 32.1 Å². The highest BCUT2D eigenvalue weighted by molar-refractivity contribution is 5.91. The number of benzene rings is 2. The molecule has 85 heavy (non-hydrogen) atoms. The molecular formula is C58H82F8N4O15. The molecule has 2 saturated heterocycles. The number of ether oxygens (including phenoxy) is 5. The van der Waals surface area contributed by atoms with Gasteiger partial charge < -0.3 is 59.4 Å². The number of rotatable bonds is 25. The number of carbonyl (C=O) groups excluding carboxylic acids is 7. The number of carbonyl (C=O) groups is 7. The number of nitrogens with zero attached hydrogens (tertiary/aromatic N) is 2. The maximum Gasteiger partial charge on any atom is 0.303 e. The smallest absolute Gasteiger partial charge is 0.303 e. The number of allylic oxidation sites excluding steroid dienone is 2. The van der Waals surface area contributed by atoms with Gasteiger partial charge in [0.1, 0.15) is 30.4 Å². The van der Waals surface area contributed by atoms with Gasteiger partial charge in [-0.25, -0.2) is 35.1 Å². The van der Waals surface area contributed by atoms with Gasteiger partial charge in [0.05, 0.1) is 13.1 Å². The molecule has 0 aliphatic carbocycles. The van der Waals surface area contributed by atoms with Gasteiger partial charge in [-0.2, -0.15) is 0 Å². The van der Waals surface area contributed by atoms with Crippen molar-refractivity contribution in [3.05, 3.63) is 94.1 Å². The van der Waals surface area contributed by atoms with Crippen molar-refractivity contribution in [1.29, 1.82) is 0 Å². The van der Waals surface area contributed by atoms with Crippen LogP contribution < -0.4 is 10.6 Å². The van der Waals surface area contributed by atoms with Crippen LogP contribution >= 0.6 is 0 Å². The topological polar surface area (TPSA) is 257 Å². The Labute approximate surface area is 490 Å². The Kier molecular flexibility index (Phi) is 32.8. The summed E-state index contributed by atoms with van der Waals surface area (Å²) in [5.41, 5.74) is -1.95. The normalized spacial score (nSPS) is 19.2. The van der Waals surface area contributed by atoms with Gasteiger partial charge in [-0.1, -0.05) is 73.6 Å². The van der Waals surface area contributed by atoms with Gasteiger partial charge in [-0.05, 0) is 56.4 Å². The van der Waals surface area contributed by atoms with Gasteiger partial charge in [0.25, 0.3) is 11.8 Å². The van der Waals surface area contributed by atoms with Crippen molar-refractivity contribution in [2.24, 2.45) is 11.8 Å². The van der Waals surface area contributed by atoms with Crippen LogP contribution in [0.5, 0.6) is 0 Å². The lowest BCUT2D eigenvalue weighted by atomic mass is 9.98. The minimum Gasteiger partial charge on any atom is -0.455 e. The molecule has 12 atom stereocenters. The number of nitrogens with one attached hydrogen (secondary N) is 2. The monoisotopic (exact) mass is 1230 g/mol. The Morgan fingerprint density at radius 3 is 1.29 bits per heavy atom. The lowest BCUT2D eigenvalue weighted by molar-refractivity contribution is -0.192. The summed E-state index contributed by atoms with van der Waals surface area (Å²) in [5, 5.41) is 35.8. The first kappa shape index (κ1) is 76.5. The predicted molar refractivity (Wildman–Crippen MR) is 292 cm³/mol. The Bertz CT molecular complexity index is 2580. The molecule has 480 valence electrons. The van der Waals surface area contributed by atoms with Crippen LogP contribution in [-0.4, -0.2) is 155 Å². The number of amides is 4. The molecular weight excluding hydrogens is 1140 g/mol. The average Bonchev–Trinajstić information content (AvgIpc) is 3.90. The molecule has 0 radical (unpaired) electrons. The first-order chi connectivity index (χ1) is 39.0. The first-order valence-electron chi connectivity index (χ1n) is 26.8. The molecule has 5 N–H and O–H groups in total. The van der Waals surface area contributed by atoms with E-state index >= 15 is 0 Å². The van der Waals surface area contributed by atoms with Crippen LogP contribution in [0.2, 0.25) is 0 Å². The number of hydrogen-bond donors (Lipinski definition) is 5. The van der Waals surface area contributed by atoms with E-state index in [0.717, 1.165) is 51.2 Å². The lowest BCUT2D eigenvalue weighted by Gasteiger charge is -2.34. The molecule has 2 aliphatic rings. The van der Waals surface area contributed by atoms with Crippen molar-refractivity contribution < 1.29 is 108 Å². The van der Waals surface area contributed by atoms with Crippen LogP contribution in [0.1, 0.15) is 126 Å². The summed E-state index contributed by atoms with van der Waals surface area (Å²) >= 11 is 0. The maximum absolute atomic E-state index is 14.4. The van der Waals surface area contributed by atoms with Crippen LogP contribution in [0.15, 0.2) is 36.4 Å². The summed E-state index contributed by atoms with van der Waals surface area (Å²) in [7, 11) is 2.18. The fourth-order valence-corrected chi connectivity index (χ4v) is 8.78. The van der Waals surface area contributed by atoms with Crippen LogP contribution in [0.4, 0.5) is 35.1 Å². The third kappa shape index (κ3) is 22.0. The third-order valence-corrected chi connectivity index (χ3v) is 13.7. The van der Waals surface area contributed by atoms with Crippen LogP contribution in [0.3, 0.4) is 0 Å². The number of aliphatic hydroxyl groups is 3. The molecule has 0 aromatic heterocycles. The molecule has 4 rings (SSSR count). The molecule has 0 saturated carbocycles. The summed E-state index contributed by atoms with van der Waals surface area (Å²) in [6, 6.07) is -2.36. The zero-order valence-electron chi connectivity index (χ0n) is 47.5. The largest absolute Gasteiger partial charge is 0.455 e. The van der Waals surface area contributed by atoms with E-state index in [-0.39, 0.29) is 64.8 Å². The molecule has 2 aromatic rings. The third-order valence-electron chi connectivity index (χ3n) is 13.7. The van der Waals surface area contributed by atoms with Crippen molar-refractivity contribution in [1.82, 2.24) is 20.4 Å². The maximum atomic E-state index is 14.4. The van der Waals surface area contributed by atoms with E-state index in [1.54, 1.807) is 12.2 Å². The molecule has 2 aromatic carbocycles. The molecule has 2 fully saturated rings. The highest BCUT2D eigenvalue weighted by Gasteiger charge is 2.46. The van der Waals surface area contributed by atoms with Crippen molar-refractivity contribution in [3.63, 3.8) is 0 Å². The Hall–Kier alpha value is -6.55. The lowest BCUT2D eigenvalue weighted by Crippen LogP contribution is -2.58. The number of esters is 3. The number of aliphatic hydroxyl groups excluding tert-OH is 3. The van der Waals surface area contributed by atoms with Crippen molar-refractivity contribution in [2.45, 2.75) is 189 Å². The summed E-state index contributed by atoms with van der Waals surface area (Å²) in [6.45, 7) is 9.19. The zero-order chi connectivity index (χ0) is 62.6. The van der Waals surface area contributed by atoms with E-state index in [1.807, 2.05) is 27.7 Å². The second-order valence-electron chi connectivity index (χ2n) is 20.1. The van der Waals surface area contributed by atoms with Crippen molar-refractivity contribution in [2.75, 3.05) is 27.3 Å². The zero-order valence-corrected chi connectivity index (χ0v) is 47.5. The van der Waals surface area contributed by atoms with Gasteiger partial charge in [0, 0.05) is 71.3 Å². The van der Waals surface area contributed by atoms with Gasteiger partial charge in [0.2, 0.25) is 11.8 Å². The van der Waals surface area contributed by atoms with Crippen molar-refractivity contribution >= 4 is 41.5 Å². The van der Waals surface area contributed by atoms with E-state index in [1.165, 1.54) is 12.2 Å². The fraction of sp³-hybridized carbons (Fsp3) is 0.603. The number of hydrogen-bond acceptors (Lipinski definition) is 15. The minimum atomic E-state index is -1.86. The van der Waals surface area contributed by atoms with E-state index in [2.05, 4.69) is 10.6 Å². The molecule has 2 heterocycles. The molecule has 19 nitrogen and oxygen atoms in total. The second-order valence-corrected chi connectivity index (χ2v) is 20.1. The highest BCUT2D eigenvalue weighted by atomic mass is 19.2. The second kappa shape index (κ2) is 36.4. The van der Waals surface area contributed by atoms with E-state index in [4.69, 9.17) is 23.7 Å². The predicted octanol–water partition coefficient (Wildman–Crippen LogP) is 6.87. The fourth-order valence-electron chi connectivity index (χ4n) is 8.78. The molecule has 0 bridgehead atoms. The number of halogens is 8. The summed E-state index contributed by atoms with van der Waals surface area (Å²) in [6.07, 6.45) is -3.89. The van der Waals surface area contributed by atoms with Crippen LogP contribution in [-0.2, 0) is 70.3 Å². The minimum absolute atomic E-state index is 0. The van der Waals surface area contributed by atoms with Gasteiger partial charge >= 0.3 is 17.9 Å². The Morgan fingerprint density at radius 1 is 0.565 bits per heavy atom. The van der Waals surface area contributed by atoms with E-state index < -0.39 is 173 Å². The highest BCUT2D eigenvalue weighted by Crippen LogP contribution is 2.27. The Balaban J connectivity index is 0.000000849. The summed E-state index contributed by atoms with van der Waals surface area (Å²) in [5.74, 6) is -19.0. The number of methoxy groups -OCH3 is 2. The molecule has 2 unspecified atom stereocenters. The van der Waals surface area contributed by atoms with Gasteiger partial charge in [0.15, 0.2) is 77.1 Å². The SMILES string of the molecule is C.C.CCC(C)/C=C/[C@@H](O)[C@H](O)[C@@H](O)[C@@H](OC)C(=O)N[C@H]1CCCCN(Cc2c(F)c(F)cc(F)c2F)C1=O.CCC(C)/C=C/[C@@H](OC(C)=O)[C@H](OC(C)=O)[C@@H](OC(C)=O)[C@@H](OC)C(=O)N[C@H]1CCCCN(Cc2c(F)c(F)cc(F)c2F)C1=O. The Morgan fingerprint density at radius 2 is 0.929 bits per heavy atom. The summed E-state index contributed by atoms with van der Waals surface area (Å²) in [4.78, 5) is 91.3. The molecule has 0 spiro atoms.